The van der Waals surface area contributed by atoms with E-state index in [4.69, 9.17) is 4.52 Å². The predicted octanol–water partition coefficient (Wildman–Crippen LogP) is 3.81. The van der Waals surface area contributed by atoms with Gasteiger partial charge in [-0.3, -0.25) is 4.98 Å². The fraction of sp³-hybridized carbons (Fsp3) is 0.190. The van der Waals surface area contributed by atoms with Crippen molar-refractivity contribution >= 4 is 20.8 Å². The molecular formula is C21H18N4O3S. The van der Waals surface area contributed by atoms with Crippen LogP contribution in [-0.4, -0.2) is 34.4 Å². The highest BCUT2D eigenvalue weighted by molar-refractivity contribution is 7.89. The van der Waals surface area contributed by atoms with Crippen molar-refractivity contribution < 1.29 is 12.9 Å². The SMILES string of the molecule is O=S(=O)(c1ccc2ccccc2c1)N1CCC[C@H]1c1nc(-c2ccncc2)no1. The van der Waals surface area contributed by atoms with Gasteiger partial charge < -0.3 is 4.52 Å². The van der Waals surface area contributed by atoms with Gasteiger partial charge in [0.05, 0.1) is 4.90 Å². The van der Waals surface area contributed by atoms with E-state index in [-0.39, 0.29) is 4.90 Å². The quantitative estimate of drug-likeness (QED) is 0.512. The molecule has 146 valence electrons. The van der Waals surface area contributed by atoms with Crippen LogP contribution in [0.5, 0.6) is 0 Å². The molecule has 0 radical (unpaired) electrons. The minimum atomic E-state index is -3.69. The number of sulfonamides is 1. The monoisotopic (exact) mass is 406 g/mol. The van der Waals surface area contributed by atoms with Gasteiger partial charge in [-0.2, -0.15) is 9.29 Å². The summed E-state index contributed by atoms with van der Waals surface area (Å²) in [5.74, 6) is 0.746. The molecular weight excluding hydrogens is 388 g/mol. The second-order valence-corrected chi connectivity index (χ2v) is 8.87. The molecule has 7 nitrogen and oxygen atoms in total. The first-order chi connectivity index (χ1) is 14.1. The third kappa shape index (κ3) is 3.20. The van der Waals surface area contributed by atoms with Crippen LogP contribution in [0.3, 0.4) is 0 Å². The third-order valence-corrected chi connectivity index (χ3v) is 7.10. The zero-order valence-corrected chi connectivity index (χ0v) is 16.3. The molecule has 0 N–H and O–H groups in total. The molecule has 8 heteroatoms. The number of benzene rings is 2. The van der Waals surface area contributed by atoms with Crippen LogP contribution in [0.1, 0.15) is 24.8 Å². The van der Waals surface area contributed by atoms with Crippen molar-refractivity contribution in [3.05, 3.63) is 72.9 Å². The van der Waals surface area contributed by atoms with Crippen molar-refractivity contribution in [2.24, 2.45) is 0 Å². The van der Waals surface area contributed by atoms with Crippen LogP contribution < -0.4 is 0 Å². The summed E-state index contributed by atoms with van der Waals surface area (Å²) < 4.78 is 33.7. The molecule has 0 aliphatic carbocycles. The van der Waals surface area contributed by atoms with E-state index in [0.717, 1.165) is 22.8 Å². The minimum absolute atomic E-state index is 0.275. The second kappa shape index (κ2) is 7.06. The third-order valence-electron chi connectivity index (χ3n) is 5.20. The topological polar surface area (TPSA) is 89.2 Å². The summed E-state index contributed by atoms with van der Waals surface area (Å²) in [5, 5.41) is 5.92. The Morgan fingerprint density at radius 1 is 1.00 bits per heavy atom. The molecule has 3 heterocycles. The summed E-state index contributed by atoms with van der Waals surface area (Å²) >= 11 is 0. The second-order valence-electron chi connectivity index (χ2n) is 6.97. The number of nitrogens with zero attached hydrogens (tertiary/aromatic N) is 4. The van der Waals surface area contributed by atoms with Gasteiger partial charge in [0.15, 0.2) is 0 Å². The molecule has 2 aromatic carbocycles. The molecule has 1 aliphatic rings. The molecule has 1 atom stereocenters. The average Bonchev–Trinajstić information content (AvgIpc) is 3.44. The van der Waals surface area contributed by atoms with Crippen molar-refractivity contribution in [2.45, 2.75) is 23.8 Å². The minimum Gasteiger partial charge on any atom is -0.337 e. The molecule has 1 fully saturated rings. The van der Waals surface area contributed by atoms with Gasteiger partial charge in [0, 0.05) is 24.5 Å². The van der Waals surface area contributed by atoms with Gasteiger partial charge in [0.25, 0.3) is 0 Å². The van der Waals surface area contributed by atoms with Crippen molar-refractivity contribution in [3.8, 4) is 11.4 Å². The largest absolute Gasteiger partial charge is 0.337 e. The molecule has 0 saturated carbocycles. The summed E-state index contributed by atoms with van der Waals surface area (Å²) in [6.07, 6.45) is 4.68. The normalized spacial score (nSPS) is 17.7. The van der Waals surface area contributed by atoms with E-state index < -0.39 is 16.1 Å². The van der Waals surface area contributed by atoms with E-state index >= 15 is 0 Å². The lowest BCUT2D eigenvalue weighted by Gasteiger charge is -2.21. The number of pyridine rings is 1. The Bertz CT molecular complexity index is 1270. The highest BCUT2D eigenvalue weighted by Gasteiger charge is 2.39. The average molecular weight is 406 g/mol. The molecule has 4 aromatic rings. The van der Waals surface area contributed by atoms with Gasteiger partial charge in [-0.05, 0) is 47.9 Å². The van der Waals surface area contributed by atoms with Gasteiger partial charge in [0.1, 0.15) is 6.04 Å². The van der Waals surface area contributed by atoms with E-state index in [9.17, 15) is 8.42 Å². The van der Waals surface area contributed by atoms with Gasteiger partial charge >= 0.3 is 0 Å². The summed E-state index contributed by atoms with van der Waals surface area (Å²) in [6.45, 7) is 0.423. The van der Waals surface area contributed by atoms with Gasteiger partial charge in [-0.1, -0.05) is 35.5 Å². The van der Waals surface area contributed by atoms with E-state index in [0.29, 0.717) is 24.7 Å². The molecule has 29 heavy (non-hydrogen) atoms. The maximum absolute atomic E-state index is 13.4. The predicted molar refractivity (Wildman–Crippen MR) is 107 cm³/mol. The Labute approximate surface area is 168 Å². The summed E-state index contributed by atoms with van der Waals surface area (Å²) in [4.78, 5) is 8.71. The van der Waals surface area contributed by atoms with Crippen LogP contribution in [0, 0.1) is 0 Å². The highest BCUT2D eigenvalue weighted by atomic mass is 32.2. The Morgan fingerprint density at radius 3 is 2.62 bits per heavy atom. The van der Waals surface area contributed by atoms with Crippen molar-refractivity contribution in [1.82, 2.24) is 19.4 Å². The number of hydrogen-bond donors (Lipinski definition) is 0. The van der Waals surface area contributed by atoms with Crippen LogP contribution in [0.25, 0.3) is 22.2 Å². The lowest BCUT2D eigenvalue weighted by atomic mass is 10.1. The van der Waals surface area contributed by atoms with Gasteiger partial charge in [-0.15, -0.1) is 0 Å². The number of hydrogen-bond acceptors (Lipinski definition) is 6. The Morgan fingerprint density at radius 2 is 1.79 bits per heavy atom. The zero-order chi connectivity index (χ0) is 19.8. The molecule has 5 rings (SSSR count). The molecule has 0 unspecified atom stereocenters. The lowest BCUT2D eigenvalue weighted by Crippen LogP contribution is -2.30. The zero-order valence-electron chi connectivity index (χ0n) is 15.5. The first kappa shape index (κ1) is 18.0. The number of aromatic nitrogens is 3. The number of rotatable bonds is 4. The summed E-state index contributed by atoms with van der Waals surface area (Å²) in [5.41, 5.74) is 0.775. The summed E-state index contributed by atoms with van der Waals surface area (Å²) in [6, 6.07) is 16.0. The lowest BCUT2D eigenvalue weighted by molar-refractivity contribution is 0.290. The van der Waals surface area contributed by atoms with Crippen LogP contribution in [0.15, 0.2) is 76.4 Å². The van der Waals surface area contributed by atoms with Crippen LogP contribution in [-0.2, 0) is 10.0 Å². The smallest absolute Gasteiger partial charge is 0.245 e. The molecule has 0 amide bonds. The van der Waals surface area contributed by atoms with Gasteiger partial charge in [0.2, 0.25) is 21.7 Å². The van der Waals surface area contributed by atoms with E-state index in [1.54, 1.807) is 36.7 Å². The number of fused-ring (bicyclic) bond motifs is 1. The fourth-order valence-corrected chi connectivity index (χ4v) is 5.41. The van der Waals surface area contributed by atoms with E-state index in [1.807, 2.05) is 30.3 Å². The van der Waals surface area contributed by atoms with E-state index in [2.05, 4.69) is 15.1 Å². The Hall–Kier alpha value is -3.10. The van der Waals surface area contributed by atoms with Crippen molar-refractivity contribution in [1.29, 1.82) is 0 Å². The molecule has 0 spiro atoms. The Kier molecular flexibility index (Phi) is 4.37. The maximum Gasteiger partial charge on any atom is 0.245 e. The van der Waals surface area contributed by atoms with Crippen molar-refractivity contribution in [2.75, 3.05) is 6.54 Å². The molecule has 1 saturated heterocycles. The molecule has 2 aromatic heterocycles. The van der Waals surface area contributed by atoms with Crippen LogP contribution >= 0.6 is 0 Å². The molecule has 1 aliphatic heterocycles. The maximum atomic E-state index is 13.4. The van der Waals surface area contributed by atoms with Crippen molar-refractivity contribution in [3.63, 3.8) is 0 Å². The highest BCUT2D eigenvalue weighted by Crippen LogP contribution is 2.37. The fourth-order valence-electron chi connectivity index (χ4n) is 3.73. The van der Waals surface area contributed by atoms with Crippen LogP contribution in [0.4, 0.5) is 0 Å². The van der Waals surface area contributed by atoms with E-state index in [1.165, 1.54) is 4.31 Å². The Balaban J connectivity index is 1.49. The molecule has 0 bridgehead atoms. The standard InChI is InChI=1S/C21H18N4O3S/c26-29(27,18-8-7-15-4-1-2-5-17(15)14-18)25-13-3-6-19(25)21-23-20(24-28-21)16-9-11-22-12-10-16/h1-2,4-5,7-12,14,19H,3,6,13H2/t19-/m0/s1. The first-order valence-electron chi connectivity index (χ1n) is 9.37. The van der Waals surface area contributed by atoms with Crippen LogP contribution in [0.2, 0.25) is 0 Å². The first-order valence-corrected chi connectivity index (χ1v) is 10.8. The van der Waals surface area contributed by atoms with Gasteiger partial charge in [-0.25, -0.2) is 8.42 Å². The summed E-state index contributed by atoms with van der Waals surface area (Å²) in [7, 11) is -3.69.